The molecule has 0 spiro atoms. The van der Waals surface area contributed by atoms with Gasteiger partial charge in [0.1, 0.15) is 11.5 Å². The maximum atomic E-state index is 12.3. The maximum Gasteiger partial charge on any atom is 0.291 e. The lowest BCUT2D eigenvalue weighted by Gasteiger charge is -2.06. The van der Waals surface area contributed by atoms with Gasteiger partial charge in [-0.25, -0.2) is 0 Å². The van der Waals surface area contributed by atoms with Crippen LogP contribution in [0.1, 0.15) is 27.7 Å². The van der Waals surface area contributed by atoms with Gasteiger partial charge in [0, 0.05) is 5.02 Å². The van der Waals surface area contributed by atoms with Gasteiger partial charge in [-0.2, -0.15) is 5.10 Å². The van der Waals surface area contributed by atoms with Crippen molar-refractivity contribution >= 4 is 34.8 Å². The van der Waals surface area contributed by atoms with Crippen molar-refractivity contribution in [1.29, 1.82) is 0 Å². The molecule has 0 aliphatic rings. The Morgan fingerprint density at radius 1 is 1.28 bits per heavy atom. The van der Waals surface area contributed by atoms with Crippen LogP contribution in [0.2, 0.25) is 10.0 Å². The van der Waals surface area contributed by atoms with Crippen LogP contribution in [0.3, 0.4) is 0 Å². The van der Waals surface area contributed by atoms with E-state index in [1.54, 1.807) is 16.8 Å². The van der Waals surface area contributed by atoms with Crippen LogP contribution in [0.5, 0.6) is 5.75 Å². The molecule has 3 rings (SSSR count). The summed E-state index contributed by atoms with van der Waals surface area (Å²) in [5.41, 5.74) is 1.77. The molecule has 0 radical (unpaired) electrons. The lowest BCUT2D eigenvalue weighted by molar-refractivity contribution is 0.0994. The Morgan fingerprint density at radius 3 is 2.72 bits per heavy atom. The second-order valence-corrected chi connectivity index (χ2v) is 6.34. The number of rotatable bonds is 4. The number of amides is 1. The number of aromatic nitrogens is 2. The molecule has 2 aromatic heterocycles. The topological polar surface area (TPSA) is 80.3 Å². The number of hydrogen-bond donors (Lipinski definition) is 2. The molecule has 0 bridgehead atoms. The maximum absolute atomic E-state index is 12.3. The minimum atomic E-state index is -0.491. The Kier molecular flexibility index (Phi) is 4.74. The highest BCUT2D eigenvalue weighted by molar-refractivity contribution is 6.31. The predicted octanol–water partition coefficient (Wildman–Crippen LogP) is 4.41. The van der Waals surface area contributed by atoms with Crippen molar-refractivity contribution in [3.05, 3.63) is 63.3 Å². The molecule has 0 saturated carbocycles. The fourth-order valence-electron chi connectivity index (χ4n) is 2.35. The molecule has 8 heteroatoms. The van der Waals surface area contributed by atoms with Crippen LogP contribution in [-0.4, -0.2) is 20.8 Å². The number of aryl methyl sites for hydroxylation is 1. The van der Waals surface area contributed by atoms with E-state index in [0.717, 1.165) is 11.4 Å². The summed E-state index contributed by atoms with van der Waals surface area (Å²) in [5, 5.41) is 17.7. The summed E-state index contributed by atoms with van der Waals surface area (Å²) < 4.78 is 7.27. The molecule has 0 aliphatic carbocycles. The third-order valence-corrected chi connectivity index (χ3v) is 4.47. The van der Waals surface area contributed by atoms with E-state index in [1.807, 2.05) is 13.8 Å². The van der Waals surface area contributed by atoms with Crippen molar-refractivity contribution in [3.8, 4) is 5.75 Å². The smallest absolute Gasteiger partial charge is 0.291 e. The van der Waals surface area contributed by atoms with Crippen LogP contribution in [0.25, 0.3) is 0 Å². The first-order valence-corrected chi connectivity index (χ1v) is 8.19. The number of aromatic hydroxyl groups is 1. The summed E-state index contributed by atoms with van der Waals surface area (Å²) in [5.74, 6) is 0.0989. The van der Waals surface area contributed by atoms with Gasteiger partial charge < -0.3 is 14.8 Å². The van der Waals surface area contributed by atoms with Gasteiger partial charge >= 0.3 is 0 Å². The van der Waals surface area contributed by atoms with Crippen molar-refractivity contribution in [3.63, 3.8) is 0 Å². The SMILES string of the molecule is Cc1nn(Cc2ccc(C(=O)Nc3cc(Cl)ccc3O)o2)c(C)c1Cl. The normalized spacial score (nSPS) is 10.9. The summed E-state index contributed by atoms with van der Waals surface area (Å²) in [6, 6.07) is 7.63. The predicted molar refractivity (Wildman–Crippen MR) is 95.6 cm³/mol. The number of nitrogens with zero attached hydrogens (tertiary/aromatic N) is 2. The molecule has 25 heavy (non-hydrogen) atoms. The number of furan rings is 1. The van der Waals surface area contributed by atoms with Gasteiger partial charge in [-0.3, -0.25) is 9.48 Å². The van der Waals surface area contributed by atoms with E-state index in [9.17, 15) is 9.90 Å². The van der Waals surface area contributed by atoms with Crippen molar-refractivity contribution in [2.75, 3.05) is 5.32 Å². The zero-order valence-electron chi connectivity index (χ0n) is 13.5. The zero-order valence-corrected chi connectivity index (χ0v) is 15.0. The van der Waals surface area contributed by atoms with Gasteiger partial charge in [0.05, 0.1) is 28.6 Å². The monoisotopic (exact) mass is 379 g/mol. The van der Waals surface area contributed by atoms with Gasteiger partial charge in [-0.15, -0.1) is 0 Å². The average Bonchev–Trinajstić information content (AvgIpc) is 3.13. The first-order chi connectivity index (χ1) is 11.8. The summed E-state index contributed by atoms with van der Waals surface area (Å²) in [7, 11) is 0. The number of phenols is 1. The zero-order chi connectivity index (χ0) is 18.1. The molecule has 2 N–H and O–H groups in total. The second-order valence-electron chi connectivity index (χ2n) is 5.52. The molecule has 1 amide bonds. The van der Waals surface area contributed by atoms with E-state index in [1.165, 1.54) is 18.2 Å². The number of halogens is 2. The molecule has 0 saturated heterocycles. The molecule has 3 aromatic rings. The van der Waals surface area contributed by atoms with Crippen LogP contribution in [0.15, 0.2) is 34.7 Å². The lowest BCUT2D eigenvalue weighted by Crippen LogP contribution is -2.11. The Morgan fingerprint density at radius 2 is 2.04 bits per heavy atom. The number of anilines is 1. The number of phenolic OH excluding ortho intramolecular Hbond substituents is 1. The first kappa shape index (κ1) is 17.4. The van der Waals surface area contributed by atoms with Gasteiger partial charge in [0.15, 0.2) is 5.76 Å². The molecule has 2 heterocycles. The Labute approximate surface area is 154 Å². The fourth-order valence-corrected chi connectivity index (χ4v) is 2.66. The lowest BCUT2D eigenvalue weighted by atomic mass is 10.3. The number of hydrogen-bond acceptors (Lipinski definition) is 4. The quantitative estimate of drug-likeness (QED) is 0.658. The second kappa shape index (κ2) is 6.82. The molecule has 0 aliphatic heterocycles. The van der Waals surface area contributed by atoms with Crippen LogP contribution >= 0.6 is 23.2 Å². The van der Waals surface area contributed by atoms with E-state index in [-0.39, 0.29) is 17.2 Å². The number of carbonyl (C=O) groups excluding carboxylic acids is 1. The van der Waals surface area contributed by atoms with Crippen LogP contribution in [0.4, 0.5) is 5.69 Å². The average molecular weight is 380 g/mol. The Balaban J connectivity index is 1.75. The van der Waals surface area contributed by atoms with Crippen LogP contribution in [-0.2, 0) is 6.54 Å². The highest BCUT2D eigenvalue weighted by Gasteiger charge is 2.15. The highest BCUT2D eigenvalue weighted by Crippen LogP contribution is 2.27. The van der Waals surface area contributed by atoms with Gasteiger partial charge in [-0.05, 0) is 44.2 Å². The largest absolute Gasteiger partial charge is 0.506 e. The molecular formula is C17H15Cl2N3O3. The summed E-state index contributed by atoms with van der Waals surface area (Å²) in [6.07, 6.45) is 0. The van der Waals surface area contributed by atoms with Crippen molar-refractivity contribution in [2.24, 2.45) is 0 Å². The number of carbonyl (C=O) groups is 1. The Hall–Kier alpha value is -2.44. The molecule has 130 valence electrons. The minimum absolute atomic E-state index is 0.0817. The van der Waals surface area contributed by atoms with E-state index in [4.69, 9.17) is 27.6 Å². The molecule has 0 atom stereocenters. The van der Waals surface area contributed by atoms with E-state index < -0.39 is 5.91 Å². The van der Waals surface area contributed by atoms with Gasteiger partial charge in [-0.1, -0.05) is 23.2 Å². The molecule has 0 fully saturated rings. The molecule has 1 aromatic carbocycles. The van der Waals surface area contributed by atoms with E-state index >= 15 is 0 Å². The summed E-state index contributed by atoms with van der Waals surface area (Å²) >= 11 is 12.0. The molecular weight excluding hydrogens is 365 g/mol. The van der Waals surface area contributed by atoms with Crippen molar-refractivity contribution in [1.82, 2.24) is 9.78 Å². The standard InChI is InChI=1S/C17H15Cl2N3O3/c1-9-16(19)10(2)22(21-9)8-12-4-6-15(25-12)17(24)20-13-7-11(18)3-5-14(13)23/h3-7,23H,8H2,1-2H3,(H,20,24). The minimum Gasteiger partial charge on any atom is -0.506 e. The van der Waals surface area contributed by atoms with Crippen LogP contribution < -0.4 is 5.32 Å². The van der Waals surface area contributed by atoms with Gasteiger partial charge in [0.2, 0.25) is 0 Å². The highest BCUT2D eigenvalue weighted by atomic mass is 35.5. The summed E-state index contributed by atoms with van der Waals surface area (Å²) in [4.78, 5) is 12.3. The number of nitrogens with one attached hydrogen (secondary N) is 1. The van der Waals surface area contributed by atoms with Gasteiger partial charge in [0.25, 0.3) is 5.91 Å². The first-order valence-electron chi connectivity index (χ1n) is 7.43. The Bertz CT molecular complexity index is 947. The third kappa shape index (κ3) is 3.65. The molecule has 6 nitrogen and oxygen atoms in total. The molecule has 0 unspecified atom stereocenters. The van der Waals surface area contributed by atoms with Crippen molar-refractivity contribution < 1.29 is 14.3 Å². The van der Waals surface area contributed by atoms with Crippen LogP contribution in [0, 0.1) is 13.8 Å². The van der Waals surface area contributed by atoms with E-state index in [2.05, 4.69) is 10.4 Å². The third-order valence-electron chi connectivity index (χ3n) is 3.69. The number of benzene rings is 1. The summed E-state index contributed by atoms with van der Waals surface area (Å²) in [6.45, 7) is 4.04. The van der Waals surface area contributed by atoms with E-state index in [0.29, 0.717) is 22.4 Å². The van der Waals surface area contributed by atoms with Crippen molar-refractivity contribution in [2.45, 2.75) is 20.4 Å². The fraction of sp³-hybridized carbons (Fsp3) is 0.176.